The van der Waals surface area contributed by atoms with Crippen LogP contribution in [-0.2, 0) is 0 Å². The van der Waals surface area contributed by atoms with Gasteiger partial charge in [-0.15, -0.1) is 0 Å². The van der Waals surface area contributed by atoms with Crippen molar-refractivity contribution in [3.8, 4) is 0 Å². The van der Waals surface area contributed by atoms with Gasteiger partial charge in [-0.05, 0) is 38.0 Å². The van der Waals surface area contributed by atoms with E-state index in [1.54, 1.807) is 33.0 Å². The second-order valence-electron chi connectivity index (χ2n) is 4.33. The number of hydrogen-bond acceptors (Lipinski definition) is 2. The van der Waals surface area contributed by atoms with Crippen LogP contribution in [0.25, 0.3) is 0 Å². The molecule has 1 N–H and O–H groups in total. The molecule has 1 aromatic rings. The molecule has 1 rings (SSSR count). The highest BCUT2D eigenvalue weighted by Crippen LogP contribution is 2.11. The second-order valence-corrected chi connectivity index (χ2v) is 4.33. The number of amides is 1. The Labute approximate surface area is 101 Å². The Kier molecular flexibility index (Phi) is 4.63. The van der Waals surface area contributed by atoms with Crippen LogP contribution in [0.1, 0.15) is 29.3 Å². The summed E-state index contributed by atoms with van der Waals surface area (Å²) < 4.78 is 13.3. The molecule has 94 valence electrons. The van der Waals surface area contributed by atoms with E-state index in [0.29, 0.717) is 24.1 Å². The van der Waals surface area contributed by atoms with Gasteiger partial charge >= 0.3 is 0 Å². The number of halogens is 1. The standard InChI is InChI=1S/C13H18FNO2/c1-9-4-5-11(8-12(9)14)13(17)15(3)7-6-10(2)16/h4-5,8,10,16H,6-7H2,1-3H3. The van der Waals surface area contributed by atoms with Crippen molar-refractivity contribution in [2.24, 2.45) is 0 Å². The molecule has 0 saturated heterocycles. The third-order valence-electron chi connectivity index (χ3n) is 2.65. The molecule has 17 heavy (non-hydrogen) atoms. The highest BCUT2D eigenvalue weighted by molar-refractivity contribution is 5.94. The van der Waals surface area contributed by atoms with Crippen LogP contribution in [-0.4, -0.2) is 35.6 Å². The van der Waals surface area contributed by atoms with E-state index in [4.69, 9.17) is 5.11 Å². The maximum Gasteiger partial charge on any atom is 0.253 e. The lowest BCUT2D eigenvalue weighted by Gasteiger charge is -2.18. The van der Waals surface area contributed by atoms with Gasteiger partial charge in [-0.1, -0.05) is 6.07 Å². The number of hydrogen-bond donors (Lipinski definition) is 1. The lowest BCUT2D eigenvalue weighted by Crippen LogP contribution is -2.29. The van der Waals surface area contributed by atoms with Crippen molar-refractivity contribution in [2.75, 3.05) is 13.6 Å². The van der Waals surface area contributed by atoms with E-state index >= 15 is 0 Å². The van der Waals surface area contributed by atoms with Crippen molar-refractivity contribution in [3.05, 3.63) is 35.1 Å². The normalized spacial score (nSPS) is 12.3. The highest BCUT2D eigenvalue weighted by Gasteiger charge is 2.13. The Morgan fingerprint density at radius 3 is 2.71 bits per heavy atom. The van der Waals surface area contributed by atoms with E-state index in [-0.39, 0.29) is 11.7 Å². The number of benzene rings is 1. The predicted octanol–water partition coefficient (Wildman–Crippen LogP) is 1.98. The first-order valence-corrected chi connectivity index (χ1v) is 5.61. The Morgan fingerprint density at radius 2 is 2.18 bits per heavy atom. The average Bonchev–Trinajstić information content (AvgIpc) is 2.28. The van der Waals surface area contributed by atoms with Gasteiger partial charge in [-0.3, -0.25) is 4.79 Å². The van der Waals surface area contributed by atoms with Crippen LogP contribution in [0.2, 0.25) is 0 Å². The largest absolute Gasteiger partial charge is 0.393 e. The summed E-state index contributed by atoms with van der Waals surface area (Å²) >= 11 is 0. The van der Waals surface area contributed by atoms with E-state index in [0.717, 1.165) is 0 Å². The minimum atomic E-state index is -0.444. The summed E-state index contributed by atoms with van der Waals surface area (Å²) in [6.07, 6.45) is 0.0661. The van der Waals surface area contributed by atoms with Crippen molar-refractivity contribution in [3.63, 3.8) is 0 Å². The van der Waals surface area contributed by atoms with Gasteiger partial charge in [0.2, 0.25) is 0 Å². The summed E-state index contributed by atoms with van der Waals surface area (Å²) in [4.78, 5) is 13.4. The molecule has 0 aliphatic carbocycles. The topological polar surface area (TPSA) is 40.5 Å². The van der Waals surface area contributed by atoms with E-state index in [9.17, 15) is 9.18 Å². The van der Waals surface area contributed by atoms with Gasteiger partial charge in [0.25, 0.3) is 5.91 Å². The molecule has 1 unspecified atom stereocenters. The van der Waals surface area contributed by atoms with Gasteiger partial charge in [0, 0.05) is 19.2 Å². The fourth-order valence-corrected chi connectivity index (χ4v) is 1.43. The van der Waals surface area contributed by atoms with Gasteiger partial charge in [0.15, 0.2) is 0 Å². The molecule has 0 aromatic heterocycles. The zero-order valence-corrected chi connectivity index (χ0v) is 10.4. The summed E-state index contributed by atoms with van der Waals surface area (Å²) in [6.45, 7) is 3.77. The molecule has 1 amide bonds. The lowest BCUT2D eigenvalue weighted by atomic mass is 10.1. The molecular weight excluding hydrogens is 221 g/mol. The van der Waals surface area contributed by atoms with Crippen LogP contribution in [0, 0.1) is 12.7 Å². The van der Waals surface area contributed by atoms with Crippen molar-refractivity contribution in [1.29, 1.82) is 0 Å². The monoisotopic (exact) mass is 239 g/mol. The first-order chi connectivity index (χ1) is 7.91. The summed E-state index contributed by atoms with van der Waals surface area (Å²) in [5.74, 6) is -0.607. The van der Waals surface area contributed by atoms with Crippen LogP contribution < -0.4 is 0 Å². The molecule has 0 fully saturated rings. The maximum atomic E-state index is 13.3. The van der Waals surface area contributed by atoms with Crippen LogP contribution >= 0.6 is 0 Å². The third kappa shape index (κ3) is 3.82. The number of rotatable bonds is 4. The number of carbonyl (C=O) groups is 1. The smallest absolute Gasteiger partial charge is 0.253 e. The zero-order chi connectivity index (χ0) is 13.0. The number of aliphatic hydroxyl groups excluding tert-OH is 1. The van der Waals surface area contributed by atoms with Crippen molar-refractivity contribution in [1.82, 2.24) is 4.90 Å². The molecular formula is C13H18FNO2. The summed E-state index contributed by atoms with van der Waals surface area (Å²) in [7, 11) is 1.64. The summed E-state index contributed by atoms with van der Waals surface area (Å²) in [5, 5.41) is 9.14. The summed E-state index contributed by atoms with van der Waals surface area (Å²) in [6, 6.07) is 4.45. The fraction of sp³-hybridized carbons (Fsp3) is 0.462. The zero-order valence-electron chi connectivity index (χ0n) is 10.4. The first-order valence-electron chi connectivity index (χ1n) is 5.61. The van der Waals surface area contributed by atoms with Gasteiger partial charge in [0.05, 0.1) is 6.10 Å². The minimum Gasteiger partial charge on any atom is -0.393 e. The van der Waals surface area contributed by atoms with E-state index in [1.165, 1.54) is 11.0 Å². The van der Waals surface area contributed by atoms with Crippen molar-refractivity contribution >= 4 is 5.91 Å². The van der Waals surface area contributed by atoms with Crippen LogP contribution in [0.5, 0.6) is 0 Å². The first kappa shape index (κ1) is 13.6. The molecule has 0 bridgehead atoms. The molecule has 0 saturated carbocycles. The van der Waals surface area contributed by atoms with Gasteiger partial charge < -0.3 is 10.0 Å². The Hall–Kier alpha value is -1.42. The predicted molar refractivity (Wildman–Crippen MR) is 64.4 cm³/mol. The van der Waals surface area contributed by atoms with E-state index in [2.05, 4.69) is 0 Å². The number of carbonyl (C=O) groups excluding carboxylic acids is 1. The molecule has 1 aromatic carbocycles. The van der Waals surface area contributed by atoms with Gasteiger partial charge in [0.1, 0.15) is 5.82 Å². The van der Waals surface area contributed by atoms with Gasteiger partial charge in [-0.2, -0.15) is 0 Å². The second kappa shape index (κ2) is 5.77. The average molecular weight is 239 g/mol. The third-order valence-corrected chi connectivity index (χ3v) is 2.65. The summed E-state index contributed by atoms with van der Waals surface area (Å²) in [5.41, 5.74) is 0.856. The quantitative estimate of drug-likeness (QED) is 0.872. The Morgan fingerprint density at radius 1 is 1.53 bits per heavy atom. The van der Waals surface area contributed by atoms with Gasteiger partial charge in [-0.25, -0.2) is 4.39 Å². The number of nitrogens with zero attached hydrogens (tertiary/aromatic N) is 1. The Bertz CT molecular complexity index is 404. The van der Waals surface area contributed by atoms with E-state index < -0.39 is 6.10 Å². The Balaban J connectivity index is 2.71. The highest BCUT2D eigenvalue weighted by atomic mass is 19.1. The van der Waals surface area contributed by atoms with Crippen LogP contribution in [0.15, 0.2) is 18.2 Å². The minimum absolute atomic E-state index is 0.232. The lowest BCUT2D eigenvalue weighted by molar-refractivity contribution is 0.0768. The van der Waals surface area contributed by atoms with Crippen LogP contribution in [0.4, 0.5) is 4.39 Å². The number of aliphatic hydroxyl groups is 1. The molecule has 4 heteroatoms. The molecule has 3 nitrogen and oxygen atoms in total. The van der Waals surface area contributed by atoms with E-state index in [1.807, 2.05) is 0 Å². The molecule has 0 radical (unpaired) electrons. The molecule has 0 heterocycles. The maximum absolute atomic E-state index is 13.3. The van der Waals surface area contributed by atoms with Crippen molar-refractivity contribution in [2.45, 2.75) is 26.4 Å². The molecule has 0 aliphatic rings. The number of aryl methyl sites for hydroxylation is 1. The molecule has 0 aliphatic heterocycles. The fourth-order valence-electron chi connectivity index (χ4n) is 1.43. The SMILES string of the molecule is Cc1ccc(C(=O)N(C)CCC(C)O)cc1F. The van der Waals surface area contributed by atoms with Crippen molar-refractivity contribution < 1.29 is 14.3 Å². The molecule has 0 spiro atoms. The molecule has 1 atom stereocenters. The van der Waals surface area contributed by atoms with Crippen LogP contribution in [0.3, 0.4) is 0 Å².